The highest BCUT2D eigenvalue weighted by Crippen LogP contribution is 2.27. The number of carbonyl (C=O) groups excluding carboxylic acids is 1. The summed E-state index contributed by atoms with van der Waals surface area (Å²) < 4.78 is 4.75. The van der Waals surface area contributed by atoms with Gasteiger partial charge in [0.25, 0.3) is 0 Å². The van der Waals surface area contributed by atoms with Gasteiger partial charge in [-0.15, -0.1) is 11.3 Å². The molecule has 1 aromatic rings. The molecular weight excluding hydrogens is 292 g/mol. The molecule has 110 valence electrons. The molecule has 2 rings (SSSR count). The summed E-state index contributed by atoms with van der Waals surface area (Å²) in [6, 6.07) is 2.40. The molecule has 0 bridgehead atoms. The summed E-state index contributed by atoms with van der Waals surface area (Å²) in [4.78, 5) is 12.2. The molecule has 0 saturated heterocycles. The third-order valence-corrected chi connectivity index (χ3v) is 4.82. The van der Waals surface area contributed by atoms with Gasteiger partial charge in [-0.25, -0.2) is 4.79 Å². The summed E-state index contributed by atoms with van der Waals surface area (Å²) in [5.74, 6) is -0.299. The lowest BCUT2D eigenvalue weighted by molar-refractivity contribution is 0.0605. The number of hydrogen-bond acceptors (Lipinski definition) is 4. The molecule has 6 heteroatoms. The van der Waals surface area contributed by atoms with Crippen molar-refractivity contribution in [3.8, 4) is 0 Å². The fourth-order valence-electron chi connectivity index (χ4n) is 2.42. The number of nitrogens with one attached hydrogen (secondary N) is 2. The van der Waals surface area contributed by atoms with Gasteiger partial charge in [0.05, 0.1) is 12.1 Å². The molecular formula is C14H20N2O2S2. The van der Waals surface area contributed by atoms with E-state index in [2.05, 4.69) is 10.6 Å². The van der Waals surface area contributed by atoms with Crippen molar-refractivity contribution in [1.29, 1.82) is 0 Å². The van der Waals surface area contributed by atoms with Gasteiger partial charge in [0, 0.05) is 6.04 Å². The fourth-order valence-corrected chi connectivity index (χ4v) is 3.76. The number of carbonyl (C=O) groups is 1. The van der Waals surface area contributed by atoms with E-state index in [0.29, 0.717) is 16.0 Å². The second-order valence-electron chi connectivity index (χ2n) is 5.05. The van der Waals surface area contributed by atoms with Gasteiger partial charge in [0.15, 0.2) is 5.11 Å². The molecule has 0 atom stereocenters. The predicted octanol–water partition coefficient (Wildman–Crippen LogP) is 3.46. The molecule has 4 nitrogen and oxygen atoms in total. The molecule has 0 radical (unpaired) electrons. The van der Waals surface area contributed by atoms with Crippen molar-refractivity contribution in [1.82, 2.24) is 5.32 Å². The summed E-state index contributed by atoms with van der Waals surface area (Å²) in [6.07, 6.45) is 6.22. The van der Waals surface area contributed by atoms with Crippen molar-refractivity contribution in [2.45, 2.75) is 45.1 Å². The second-order valence-corrected chi connectivity index (χ2v) is 6.51. The van der Waals surface area contributed by atoms with Crippen LogP contribution in [0.1, 0.15) is 47.3 Å². The molecule has 0 aliphatic heterocycles. The monoisotopic (exact) mass is 312 g/mol. The minimum absolute atomic E-state index is 0.299. The van der Waals surface area contributed by atoms with Gasteiger partial charge < -0.3 is 15.4 Å². The quantitative estimate of drug-likeness (QED) is 0.661. The maximum absolute atomic E-state index is 11.6. The normalized spacial score (nSPS) is 15.7. The Morgan fingerprint density at radius 1 is 1.40 bits per heavy atom. The third-order valence-electron chi connectivity index (χ3n) is 3.47. The number of ether oxygens (including phenoxy) is 1. The van der Waals surface area contributed by atoms with E-state index in [1.54, 1.807) is 0 Å². The van der Waals surface area contributed by atoms with Crippen LogP contribution >= 0.6 is 23.6 Å². The summed E-state index contributed by atoms with van der Waals surface area (Å²) >= 11 is 6.70. The highest BCUT2D eigenvalue weighted by Gasteiger charge is 2.16. The van der Waals surface area contributed by atoms with E-state index in [1.807, 2.05) is 13.0 Å². The van der Waals surface area contributed by atoms with E-state index in [-0.39, 0.29) is 5.97 Å². The van der Waals surface area contributed by atoms with Crippen LogP contribution in [-0.4, -0.2) is 24.2 Å². The second kappa shape index (κ2) is 7.04. The van der Waals surface area contributed by atoms with Crippen LogP contribution in [0.15, 0.2) is 6.07 Å². The van der Waals surface area contributed by atoms with Crippen molar-refractivity contribution in [2.75, 3.05) is 12.4 Å². The fraction of sp³-hybridized carbons (Fsp3) is 0.571. The molecule has 1 aromatic heterocycles. The van der Waals surface area contributed by atoms with Gasteiger partial charge in [-0.05, 0) is 43.6 Å². The smallest absolute Gasteiger partial charge is 0.348 e. The zero-order chi connectivity index (χ0) is 14.5. The average Bonchev–Trinajstić information content (AvgIpc) is 2.79. The molecule has 0 unspecified atom stereocenters. The average molecular weight is 312 g/mol. The summed E-state index contributed by atoms with van der Waals surface area (Å²) in [5.41, 5.74) is 0.907. The third kappa shape index (κ3) is 3.93. The van der Waals surface area contributed by atoms with Crippen molar-refractivity contribution >= 4 is 39.6 Å². The number of rotatable bonds is 3. The molecule has 2 N–H and O–H groups in total. The van der Waals surface area contributed by atoms with Crippen molar-refractivity contribution in [3.05, 3.63) is 16.5 Å². The minimum Gasteiger partial charge on any atom is -0.465 e. The van der Waals surface area contributed by atoms with Gasteiger partial charge in [-0.2, -0.15) is 0 Å². The maximum Gasteiger partial charge on any atom is 0.348 e. The first-order chi connectivity index (χ1) is 9.60. The number of anilines is 1. The molecule has 0 amide bonds. The number of thiophene rings is 1. The Labute approximate surface area is 128 Å². The first-order valence-electron chi connectivity index (χ1n) is 6.86. The van der Waals surface area contributed by atoms with Crippen molar-refractivity contribution < 1.29 is 9.53 Å². The summed E-state index contributed by atoms with van der Waals surface area (Å²) in [7, 11) is 1.39. The summed E-state index contributed by atoms with van der Waals surface area (Å²) in [6.45, 7) is 1.89. The topological polar surface area (TPSA) is 50.4 Å². The van der Waals surface area contributed by atoms with Gasteiger partial charge in [0.1, 0.15) is 4.88 Å². The lowest BCUT2D eigenvalue weighted by Gasteiger charge is -2.24. The van der Waals surface area contributed by atoms with Gasteiger partial charge in [0.2, 0.25) is 0 Å². The predicted molar refractivity (Wildman–Crippen MR) is 86.6 cm³/mol. The number of thiocarbonyl (C=S) groups is 1. The SMILES string of the molecule is COC(=O)c1sc(NC(=S)NC2CCCCC2)cc1C. The first kappa shape index (κ1) is 15.3. The van der Waals surface area contributed by atoms with Crippen LogP contribution in [0.3, 0.4) is 0 Å². The van der Waals surface area contributed by atoms with Gasteiger partial charge in [-0.3, -0.25) is 0 Å². The van der Waals surface area contributed by atoms with Crippen LogP contribution in [0.2, 0.25) is 0 Å². The standard InChI is InChI=1S/C14H20N2O2S2/c1-9-8-11(20-12(9)13(17)18-2)16-14(19)15-10-6-4-3-5-7-10/h8,10H,3-7H2,1-2H3,(H2,15,16,19). The zero-order valence-corrected chi connectivity index (χ0v) is 13.5. The Balaban J connectivity index is 1.92. The highest BCUT2D eigenvalue weighted by atomic mass is 32.1. The molecule has 1 fully saturated rings. The Morgan fingerprint density at radius 3 is 2.75 bits per heavy atom. The van der Waals surface area contributed by atoms with Crippen LogP contribution in [-0.2, 0) is 4.74 Å². The van der Waals surface area contributed by atoms with Crippen LogP contribution < -0.4 is 10.6 Å². The lowest BCUT2D eigenvalue weighted by Crippen LogP contribution is -2.38. The van der Waals surface area contributed by atoms with Crippen molar-refractivity contribution in [2.24, 2.45) is 0 Å². The molecule has 0 aromatic carbocycles. The van der Waals surface area contributed by atoms with Crippen LogP contribution in [0, 0.1) is 6.92 Å². The Hall–Kier alpha value is -1.14. The molecule has 1 heterocycles. The zero-order valence-electron chi connectivity index (χ0n) is 11.8. The molecule has 20 heavy (non-hydrogen) atoms. The summed E-state index contributed by atoms with van der Waals surface area (Å²) in [5, 5.41) is 8.02. The van der Waals surface area contributed by atoms with E-state index in [0.717, 1.165) is 10.6 Å². The molecule has 1 aliphatic carbocycles. The van der Waals surface area contributed by atoms with E-state index in [9.17, 15) is 4.79 Å². The van der Waals surface area contributed by atoms with E-state index in [4.69, 9.17) is 17.0 Å². The van der Waals surface area contributed by atoms with Crippen LogP contribution in [0.5, 0.6) is 0 Å². The first-order valence-corrected chi connectivity index (χ1v) is 8.09. The number of hydrogen-bond donors (Lipinski definition) is 2. The molecule has 1 aliphatic rings. The Morgan fingerprint density at radius 2 is 2.10 bits per heavy atom. The largest absolute Gasteiger partial charge is 0.465 e. The van der Waals surface area contributed by atoms with E-state index in [1.165, 1.54) is 50.6 Å². The lowest BCUT2D eigenvalue weighted by atomic mass is 9.96. The Kier molecular flexibility index (Phi) is 5.37. The number of methoxy groups -OCH3 is 1. The Bertz CT molecular complexity index is 493. The van der Waals surface area contributed by atoms with Gasteiger partial charge >= 0.3 is 5.97 Å². The molecule has 1 saturated carbocycles. The van der Waals surface area contributed by atoms with Gasteiger partial charge in [-0.1, -0.05) is 19.3 Å². The van der Waals surface area contributed by atoms with Crippen LogP contribution in [0.4, 0.5) is 5.00 Å². The highest BCUT2D eigenvalue weighted by molar-refractivity contribution is 7.80. The minimum atomic E-state index is -0.299. The van der Waals surface area contributed by atoms with E-state index < -0.39 is 0 Å². The van der Waals surface area contributed by atoms with Crippen molar-refractivity contribution in [3.63, 3.8) is 0 Å². The number of aryl methyl sites for hydroxylation is 1. The van der Waals surface area contributed by atoms with E-state index >= 15 is 0 Å². The van der Waals surface area contributed by atoms with Crippen LogP contribution in [0.25, 0.3) is 0 Å². The maximum atomic E-state index is 11.6. The molecule has 0 spiro atoms. The number of esters is 1.